The smallest absolute Gasteiger partial charge is 0.279 e. The van der Waals surface area contributed by atoms with Crippen molar-refractivity contribution in [1.29, 1.82) is 5.26 Å². The largest absolute Gasteiger partial charge is 0.326 e. The Kier molecular flexibility index (Phi) is 5.52. The number of fused-ring (bicyclic) bond motifs is 1. The van der Waals surface area contributed by atoms with Gasteiger partial charge in [-0.15, -0.1) is 0 Å². The van der Waals surface area contributed by atoms with Crippen molar-refractivity contribution < 1.29 is 9.69 Å². The molecule has 2 N–H and O–H groups in total. The third-order valence-corrected chi connectivity index (χ3v) is 4.47. The lowest BCUT2D eigenvalue weighted by atomic mass is 10.1. The molecule has 0 spiro atoms. The van der Waals surface area contributed by atoms with Crippen LogP contribution < -0.4 is 10.2 Å². The Morgan fingerprint density at radius 3 is 2.62 bits per heavy atom. The average molecular weight is 365 g/mol. The van der Waals surface area contributed by atoms with E-state index in [1.807, 2.05) is 25.2 Å². The van der Waals surface area contributed by atoms with Gasteiger partial charge in [0.2, 0.25) is 0 Å². The van der Waals surface area contributed by atoms with E-state index < -0.39 is 0 Å². The van der Waals surface area contributed by atoms with Crippen molar-refractivity contribution in [3.63, 3.8) is 0 Å². The molecule has 0 saturated heterocycles. The van der Waals surface area contributed by atoms with Gasteiger partial charge in [0.25, 0.3) is 5.91 Å². The highest BCUT2D eigenvalue weighted by atomic mass is 35.5. The zero-order valence-electron chi connectivity index (χ0n) is 14.4. The fraction of sp³-hybridized carbons (Fsp3) is 0.143. The molecule has 3 aromatic rings. The molecular formula is C21H19ClN3O+. The monoisotopic (exact) mass is 364 g/mol. The zero-order valence-corrected chi connectivity index (χ0v) is 15.2. The number of hydrogen-bond acceptors (Lipinski definition) is 2. The standard InChI is InChI=1S/C21H18ClN3O/c1-25(13-15-6-7-16-4-2-3-5-17(16)10-15)14-21(26)24-19-9-8-18(12-23)20(22)11-19/h2-11H,13-14H2,1H3,(H,24,26)/p+1. The van der Waals surface area contributed by atoms with Gasteiger partial charge in [-0.05, 0) is 35.0 Å². The van der Waals surface area contributed by atoms with Crippen LogP contribution in [0.15, 0.2) is 60.7 Å². The third kappa shape index (κ3) is 4.40. The van der Waals surface area contributed by atoms with Crippen molar-refractivity contribution in [2.45, 2.75) is 6.54 Å². The summed E-state index contributed by atoms with van der Waals surface area (Å²) in [4.78, 5) is 13.3. The van der Waals surface area contributed by atoms with E-state index in [0.717, 1.165) is 11.4 Å². The van der Waals surface area contributed by atoms with E-state index in [0.29, 0.717) is 22.8 Å². The SMILES string of the molecule is C[NH+](CC(=O)Nc1ccc(C#N)c(Cl)c1)Cc1ccc2ccccc2c1. The van der Waals surface area contributed by atoms with Gasteiger partial charge in [0.1, 0.15) is 12.6 Å². The first kappa shape index (κ1) is 17.9. The van der Waals surface area contributed by atoms with Crippen LogP contribution in [0, 0.1) is 11.3 Å². The van der Waals surface area contributed by atoms with Crippen LogP contribution in [0.1, 0.15) is 11.1 Å². The molecule has 1 atom stereocenters. The number of carbonyl (C=O) groups is 1. The van der Waals surface area contributed by atoms with Gasteiger partial charge in [-0.1, -0.05) is 48.0 Å². The summed E-state index contributed by atoms with van der Waals surface area (Å²) < 4.78 is 0. The molecule has 0 aliphatic heterocycles. The molecule has 26 heavy (non-hydrogen) atoms. The van der Waals surface area contributed by atoms with E-state index in [1.54, 1.807) is 18.2 Å². The summed E-state index contributed by atoms with van der Waals surface area (Å²) in [5.41, 5.74) is 2.18. The van der Waals surface area contributed by atoms with Crippen molar-refractivity contribution in [1.82, 2.24) is 0 Å². The second-order valence-electron chi connectivity index (χ2n) is 6.35. The summed E-state index contributed by atoms with van der Waals surface area (Å²) in [6.07, 6.45) is 0. The first-order chi connectivity index (χ1) is 12.5. The number of likely N-dealkylation sites (N-methyl/N-ethyl adjacent to an activating group) is 1. The minimum Gasteiger partial charge on any atom is -0.326 e. The van der Waals surface area contributed by atoms with Gasteiger partial charge in [-0.2, -0.15) is 5.26 Å². The van der Waals surface area contributed by atoms with Gasteiger partial charge < -0.3 is 10.2 Å². The highest BCUT2D eigenvalue weighted by molar-refractivity contribution is 6.32. The Balaban J connectivity index is 1.60. The van der Waals surface area contributed by atoms with Crippen molar-refractivity contribution in [3.8, 4) is 6.07 Å². The van der Waals surface area contributed by atoms with E-state index in [2.05, 4.69) is 35.6 Å². The molecule has 0 bridgehead atoms. The molecule has 0 aromatic heterocycles. The van der Waals surface area contributed by atoms with Crippen LogP contribution in [0.2, 0.25) is 5.02 Å². The predicted octanol–water partition coefficient (Wildman–Crippen LogP) is 3.02. The van der Waals surface area contributed by atoms with Gasteiger partial charge in [0, 0.05) is 11.3 Å². The summed E-state index contributed by atoms with van der Waals surface area (Å²) in [6.45, 7) is 1.09. The summed E-state index contributed by atoms with van der Waals surface area (Å²) in [5, 5.41) is 14.5. The first-order valence-electron chi connectivity index (χ1n) is 8.33. The summed E-state index contributed by atoms with van der Waals surface area (Å²) in [6, 6.07) is 21.5. The van der Waals surface area contributed by atoms with Gasteiger partial charge in [0.15, 0.2) is 6.54 Å². The van der Waals surface area contributed by atoms with E-state index in [-0.39, 0.29) is 5.91 Å². The Labute approximate surface area is 157 Å². The number of carbonyl (C=O) groups excluding carboxylic acids is 1. The molecule has 4 nitrogen and oxygen atoms in total. The number of amides is 1. The average Bonchev–Trinajstić information content (AvgIpc) is 2.61. The molecule has 1 unspecified atom stereocenters. The number of hydrogen-bond donors (Lipinski definition) is 2. The van der Waals surface area contributed by atoms with E-state index in [9.17, 15) is 4.79 Å². The number of nitrogens with zero attached hydrogens (tertiary/aromatic N) is 1. The van der Waals surface area contributed by atoms with Crippen LogP contribution >= 0.6 is 11.6 Å². The lowest BCUT2D eigenvalue weighted by Gasteiger charge is -2.14. The van der Waals surface area contributed by atoms with E-state index in [1.165, 1.54) is 16.3 Å². The van der Waals surface area contributed by atoms with Crippen molar-refractivity contribution in [2.24, 2.45) is 0 Å². The fourth-order valence-electron chi connectivity index (χ4n) is 2.92. The van der Waals surface area contributed by atoms with Gasteiger partial charge in [0.05, 0.1) is 17.6 Å². The molecule has 5 heteroatoms. The van der Waals surface area contributed by atoms with Crippen molar-refractivity contribution >= 4 is 34.0 Å². The molecule has 0 aliphatic carbocycles. The molecule has 130 valence electrons. The number of nitriles is 1. The number of rotatable bonds is 5. The van der Waals surface area contributed by atoms with Crippen LogP contribution in [-0.2, 0) is 11.3 Å². The summed E-state index contributed by atoms with van der Waals surface area (Å²) in [7, 11) is 1.99. The quantitative estimate of drug-likeness (QED) is 0.731. The van der Waals surface area contributed by atoms with Crippen LogP contribution in [0.5, 0.6) is 0 Å². The molecular weight excluding hydrogens is 346 g/mol. The molecule has 3 rings (SSSR count). The third-order valence-electron chi connectivity index (χ3n) is 4.16. The molecule has 3 aromatic carbocycles. The Morgan fingerprint density at radius 1 is 1.12 bits per heavy atom. The number of halogens is 1. The highest BCUT2D eigenvalue weighted by Crippen LogP contribution is 2.20. The Bertz CT molecular complexity index is 994. The molecule has 1 amide bonds. The number of quaternary nitrogens is 1. The van der Waals surface area contributed by atoms with Crippen LogP contribution in [0.25, 0.3) is 10.8 Å². The molecule has 0 radical (unpaired) electrons. The maximum Gasteiger partial charge on any atom is 0.279 e. The second kappa shape index (κ2) is 8.01. The zero-order chi connectivity index (χ0) is 18.5. The van der Waals surface area contributed by atoms with Crippen LogP contribution in [-0.4, -0.2) is 19.5 Å². The highest BCUT2D eigenvalue weighted by Gasteiger charge is 2.12. The second-order valence-corrected chi connectivity index (χ2v) is 6.75. The number of nitrogens with one attached hydrogen (secondary N) is 2. The predicted molar refractivity (Wildman–Crippen MR) is 104 cm³/mol. The normalized spacial score (nSPS) is 11.7. The van der Waals surface area contributed by atoms with Crippen LogP contribution in [0.3, 0.4) is 0 Å². The number of benzene rings is 3. The van der Waals surface area contributed by atoms with Gasteiger partial charge >= 0.3 is 0 Å². The topological polar surface area (TPSA) is 57.3 Å². The lowest BCUT2D eigenvalue weighted by molar-refractivity contribution is -0.885. The first-order valence-corrected chi connectivity index (χ1v) is 8.71. The molecule has 0 heterocycles. The fourth-order valence-corrected chi connectivity index (χ4v) is 3.15. The lowest BCUT2D eigenvalue weighted by Crippen LogP contribution is -3.08. The Hall–Kier alpha value is -2.87. The van der Waals surface area contributed by atoms with Crippen molar-refractivity contribution in [2.75, 3.05) is 18.9 Å². The van der Waals surface area contributed by atoms with E-state index in [4.69, 9.17) is 16.9 Å². The Morgan fingerprint density at radius 2 is 1.88 bits per heavy atom. The van der Waals surface area contributed by atoms with Crippen molar-refractivity contribution in [3.05, 3.63) is 76.8 Å². The molecule has 0 saturated carbocycles. The summed E-state index contributed by atoms with van der Waals surface area (Å²) in [5.74, 6) is -0.0935. The van der Waals surface area contributed by atoms with Gasteiger partial charge in [-0.25, -0.2) is 0 Å². The maximum atomic E-state index is 12.3. The molecule has 0 aliphatic rings. The maximum absolute atomic E-state index is 12.3. The minimum absolute atomic E-state index is 0.0935. The molecule has 0 fully saturated rings. The minimum atomic E-state index is -0.0935. The van der Waals surface area contributed by atoms with Gasteiger partial charge in [-0.3, -0.25) is 4.79 Å². The summed E-state index contributed by atoms with van der Waals surface area (Å²) >= 11 is 5.99. The van der Waals surface area contributed by atoms with Crippen LogP contribution in [0.4, 0.5) is 5.69 Å². The number of anilines is 1. The van der Waals surface area contributed by atoms with E-state index >= 15 is 0 Å².